The van der Waals surface area contributed by atoms with Gasteiger partial charge in [-0.05, 0) is 12.1 Å². The van der Waals surface area contributed by atoms with Gasteiger partial charge in [-0.1, -0.05) is 6.07 Å². The number of benzene rings is 1. The van der Waals surface area contributed by atoms with E-state index in [1.54, 1.807) is 17.8 Å². The number of carbonyl (C=O) groups excluding carboxylic acids is 1. The van der Waals surface area contributed by atoms with Gasteiger partial charge in [-0.3, -0.25) is 4.79 Å². The predicted molar refractivity (Wildman–Crippen MR) is 62.6 cm³/mol. The smallest absolute Gasteiger partial charge is 0.338 e. The number of hydrogen-bond acceptors (Lipinski definition) is 2. The molecule has 0 aliphatic rings. The largest absolute Gasteiger partial charge is 0.419 e. The lowest BCUT2D eigenvalue weighted by Gasteiger charge is -2.10. The molecule has 0 fully saturated rings. The van der Waals surface area contributed by atoms with Crippen molar-refractivity contribution in [2.45, 2.75) is 12.6 Å². The molecule has 0 amide bonds. The molecule has 0 saturated heterocycles. The molecule has 1 aromatic heterocycles. The van der Waals surface area contributed by atoms with Crippen molar-refractivity contribution in [1.82, 2.24) is 9.55 Å². The Hall–Kier alpha value is -2.18. The summed E-state index contributed by atoms with van der Waals surface area (Å²) < 4.78 is 53.0. The summed E-state index contributed by atoms with van der Waals surface area (Å²) in [5.41, 5.74) is -2.02. The molecule has 3 nitrogen and oxygen atoms in total. The van der Waals surface area contributed by atoms with Crippen LogP contribution in [0, 0.1) is 5.82 Å². The quantitative estimate of drug-likeness (QED) is 0.642. The minimum Gasteiger partial charge on any atom is -0.338 e. The standard InChI is InChI=1S/C13H10F4N2O/c1-19-6-5-18-11(19)7-10(20)8-3-2-4-9(12(8)14)13(15,16)17/h2-6H,7H2,1H3. The average molecular weight is 286 g/mol. The lowest BCUT2D eigenvalue weighted by Crippen LogP contribution is -2.14. The first-order valence-electron chi connectivity index (χ1n) is 5.66. The molecule has 0 aliphatic heterocycles. The first kappa shape index (κ1) is 14.2. The molecule has 0 atom stereocenters. The SMILES string of the molecule is Cn1ccnc1CC(=O)c1cccc(C(F)(F)F)c1F. The van der Waals surface area contributed by atoms with Crippen LogP contribution in [0.15, 0.2) is 30.6 Å². The Kier molecular flexibility index (Phi) is 3.61. The van der Waals surface area contributed by atoms with Crippen LogP contribution in [-0.4, -0.2) is 15.3 Å². The van der Waals surface area contributed by atoms with Gasteiger partial charge in [-0.15, -0.1) is 0 Å². The lowest BCUT2D eigenvalue weighted by atomic mass is 10.0. The van der Waals surface area contributed by atoms with E-state index in [1.165, 1.54) is 6.20 Å². The van der Waals surface area contributed by atoms with E-state index >= 15 is 0 Å². The zero-order valence-electron chi connectivity index (χ0n) is 10.4. The summed E-state index contributed by atoms with van der Waals surface area (Å²) in [4.78, 5) is 15.8. The van der Waals surface area contributed by atoms with Crippen molar-refractivity contribution < 1.29 is 22.4 Å². The van der Waals surface area contributed by atoms with Gasteiger partial charge in [0, 0.05) is 19.4 Å². The molecule has 20 heavy (non-hydrogen) atoms. The van der Waals surface area contributed by atoms with Crippen molar-refractivity contribution in [3.63, 3.8) is 0 Å². The van der Waals surface area contributed by atoms with E-state index in [9.17, 15) is 22.4 Å². The Labute approximate surface area is 111 Å². The number of ketones is 1. The van der Waals surface area contributed by atoms with Gasteiger partial charge in [0.05, 0.1) is 17.5 Å². The molecule has 7 heteroatoms. The van der Waals surface area contributed by atoms with E-state index in [2.05, 4.69) is 4.98 Å². The monoisotopic (exact) mass is 286 g/mol. The zero-order chi connectivity index (χ0) is 14.9. The number of imidazole rings is 1. The van der Waals surface area contributed by atoms with Crippen LogP contribution in [-0.2, 0) is 19.6 Å². The van der Waals surface area contributed by atoms with E-state index in [0.29, 0.717) is 11.9 Å². The molecule has 0 saturated carbocycles. The molecular formula is C13H10F4N2O. The highest BCUT2D eigenvalue weighted by Crippen LogP contribution is 2.32. The number of Topliss-reactive ketones (excluding diaryl/α,β-unsaturated/α-hetero) is 1. The van der Waals surface area contributed by atoms with Crippen molar-refractivity contribution in [1.29, 1.82) is 0 Å². The zero-order valence-corrected chi connectivity index (χ0v) is 10.4. The third kappa shape index (κ3) is 2.71. The molecule has 0 radical (unpaired) electrons. The summed E-state index contributed by atoms with van der Waals surface area (Å²) in [7, 11) is 1.64. The van der Waals surface area contributed by atoms with Crippen LogP contribution in [0.3, 0.4) is 0 Å². The Morgan fingerprint density at radius 2 is 2.05 bits per heavy atom. The first-order valence-corrected chi connectivity index (χ1v) is 5.66. The van der Waals surface area contributed by atoms with E-state index in [-0.39, 0.29) is 6.42 Å². The van der Waals surface area contributed by atoms with E-state index in [1.807, 2.05) is 0 Å². The van der Waals surface area contributed by atoms with Crippen LogP contribution < -0.4 is 0 Å². The fourth-order valence-corrected chi connectivity index (χ4v) is 1.77. The van der Waals surface area contributed by atoms with Gasteiger partial charge in [0.1, 0.15) is 11.6 Å². The maximum absolute atomic E-state index is 13.8. The molecule has 0 N–H and O–H groups in total. The molecule has 0 unspecified atom stereocenters. The second-order valence-electron chi connectivity index (χ2n) is 4.22. The highest BCUT2D eigenvalue weighted by molar-refractivity contribution is 5.97. The van der Waals surface area contributed by atoms with Crippen molar-refractivity contribution in [3.05, 3.63) is 53.4 Å². The maximum atomic E-state index is 13.8. The molecule has 0 aliphatic carbocycles. The second kappa shape index (κ2) is 5.07. The number of aryl methyl sites for hydroxylation is 1. The fraction of sp³-hybridized carbons (Fsp3) is 0.231. The van der Waals surface area contributed by atoms with Crippen molar-refractivity contribution in [2.75, 3.05) is 0 Å². The topological polar surface area (TPSA) is 34.9 Å². The molecule has 2 rings (SSSR count). The van der Waals surface area contributed by atoms with Gasteiger partial charge in [0.25, 0.3) is 0 Å². The van der Waals surface area contributed by atoms with Crippen LogP contribution in [0.5, 0.6) is 0 Å². The van der Waals surface area contributed by atoms with Gasteiger partial charge in [-0.25, -0.2) is 9.37 Å². The van der Waals surface area contributed by atoms with Crippen LogP contribution in [0.2, 0.25) is 0 Å². The second-order valence-corrected chi connectivity index (χ2v) is 4.22. The number of halogens is 4. The van der Waals surface area contributed by atoms with E-state index in [4.69, 9.17) is 0 Å². The average Bonchev–Trinajstić information content (AvgIpc) is 2.73. The summed E-state index contributed by atoms with van der Waals surface area (Å²) in [5.74, 6) is -1.94. The third-order valence-corrected chi connectivity index (χ3v) is 2.84. The van der Waals surface area contributed by atoms with Crippen LogP contribution >= 0.6 is 0 Å². The highest BCUT2D eigenvalue weighted by atomic mass is 19.4. The van der Waals surface area contributed by atoms with Crippen LogP contribution in [0.1, 0.15) is 21.7 Å². The summed E-state index contributed by atoms with van der Waals surface area (Å²) in [6, 6.07) is 2.65. The Bertz CT molecular complexity index is 646. The van der Waals surface area contributed by atoms with E-state index in [0.717, 1.165) is 12.1 Å². The van der Waals surface area contributed by atoms with Gasteiger partial charge in [-0.2, -0.15) is 13.2 Å². The number of rotatable bonds is 3. The molecule has 0 spiro atoms. The highest BCUT2D eigenvalue weighted by Gasteiger charge is 2.35. The molecule has 2 aromatic rings. The Morgan fingerprint density at radius 3 is 2.60 bits per heavy atom. The lowest BCUT2D eigenvalue weighted by molar-refractivity contribution is -0.140. The van der Waals surface area contributed by atoms with Gasteiger partial charge in [0.2, 0.25) is 0 Å². The minimum absolute atomic E-state index is 0.262. The number of carbonyl (C=O) groups is 1. The van der Waals surface area contributed by atoms with Crippen LogP contribution in [0.25, 0.3) is 0 Å². The molecule has 0 bridgehead atoms. The normalized spacial score (nSPS) is 11.7. The Balaban J connectivity index is 2.34. The summed E-state index contributed by atoms with van der Waals surface area (Å²) in [5, 5.41) is 0. The van der Waals surface area contributed by atoms with Gasteiger partial charge >= 0.3 is 6.18 Å². The number of nitrogens with zero attached hydrogens (tertiary/aromatic N) is 2. The first-order chi connectivity index (χ1) is 9.30. The number of hydrogen-bond donors (Lipinski definition) is 0. The van der Waals surface area contributed by atoms with E-state index < -0.39 is 28.9 Å². The third-order valence-electron chi connectivity index (χ3n) is 2.84. The summed E-state index contributed by atoms with van der Waals surface area (Å²) in [6.45, 7) is 0. The number of aromatic nitrogens is 2. The molecule has 106 valence electrons. The fourth-order valence-electron chi connectivity index (χ4n) is 1.77. The van der Waals surface area contributed by atoms with Gasteiger partial charge < -0.3 is 4.57 Å². The predicted octanol–water partition coefficient (Wildman–Crippen LogP) is 3.00. The maximum Gasteiger partial charge on any atom is 0.419 e. The van der Waals surface area contributed by atoms with Crippen LogP contribution in [0.4, 0.5) is 17.6 Å². The minimum atomic E-state index is -4.83. The van der Waals surface area contributed by atoms with Crippen molar-refractivity contribution >= 4 is 5.78 Å². The van der Waals surface area contributed by atoms with Crippen molar-refractivity contribution in [2.24, 2.45) is 7.05 Å². The van der Waals surface area contributed by atoms with Gasteiger partial charge in [0.15, 0.2) is 5.78 Å². The molecule has 1 aromatic carbocycles. The Morgan fingerprint density at radius 1 is 1.35 bits per heavy atom. The summed E-state index contributed by atoms with van der Waals surface area (Å²) in [6.07, 6.45) is -2.05. The molecule has 1 heterocycles. The molecular weight excluding hydrogens is 276 g/mol. The van der Waals surface area contributed by atoms with Crippen molar-refractivity contribution in [3.8, 4) is 0 Å². The number of alkyl halides is 3. The summed E-state index contributed by atoms with van der Waals surface area (Å²) >= 11 is 0.